The Hall–Kier alpha value is -0.690. The van der Waals surface area contributed by atoms with Gasteiger partial charge in [-0.1, -0.05) is 41.5 Å². The molecular weight excluding hydrogens is 424 g/mol. The quantitative estimate of drug-likeness (QED) is 0.606. The van der Waals surface area contributed by atoms with Crippen molar-refractivity contribution in [3.8, 4) is 5.75 Å². The molecule has 0 aliphatic carbocycles. The summed E-state index contributed by atoms with van der Waals surface area (Å²) in [6.07, 6.45) is -5.14. The van der Waals surface area contributed by atoms with Gasteiger partial charge in [0.15, 0.2) is 0 Å². The lowest BCUT2D eigenvalue weighted by Crippen LogP contribution is -2.46. The molecule has 1 atom stereocenters. The third-order valence-electron chi connectivity index (χ3n) is 5.15. The molecule has 1 aromatic rings. The Bertz CT molecular complexity index is 626. The maximum Gasteiger partial charge on any atom is 0.390 e. The highest BCUT2D eigenvalue weighted by Crippen LogP contribution is 2.43. The molecule has 1 heterocycles. The van der Waals surface area contributed by atoms with E-state index in [4.69, 9.17) is 0 Å². The van der Waals surface area contributed by atoms with Crippen molar-refractivity contribution in [1.82, 2.24) is 10.2 Å². The number of nitrogens with one attached hydrogen (secondary N) is 1. The Morgan fingerprint density at radius 2 is 1.34 bits per heavy atom. The molecule has 0 radical (unpaired) electrons. The maximum atomic E-state index is 13.4. The highest BCUT2D eigenvalue weighted by atomic mass is 35.5. The van der Waals surface area contributed by atoms with Crippen LogP contribution in [0.1, 0.15) is 70.7 Å². The molecule has 0 bridgehead atoms. The van der Waals surface area contributed by atoms with E-state index < -0.39 is 18.6 Å². The number of phenols is 1. The number of alkyl halides is 3. The normalized spacial score (nSPS) is 17.3. The fraction of sp³-hybridized carbons (Fsp3) is 0.714. The highest BCUT2D eigenvalue weighted by molar-refractivity contribution is 5.85. The molecule has 1 aliphatic rings. The number of hydrogen-bond donors (Lipinski definition) is 2. The smallest absolute Gasteiger partial charge is 0.390 e. The van der Waals surface area contributed by atoms with Gasteiger partial charge in [-0.3, -0.25) is 4.90 Å². The van der Waals surface area contributed by atoms with Gasteiger partial charge in [0, 0.05) is 32.2 Å². The molecule has 1 aromatic carbocycles. The van der Waals surface area contributed by atoms with E-state index in [0.29, 0.717) is 42.9 Å². The van der Waals surface area contributed by atoms with Gasteiger partial charge < -0.3 is 10.4 Å². The second kappa shape index (κ2) is 10.1. The van der Waals surface area contributed by atoms with Crippen molar-refractivity contribution in [3.63, 3.8) is 0 Å². The van der Waals surface area contributed by atoms with Crippen molar-refractivity contribution in [3.05, 3.63) is 28.8 Å². The largest absolute Gasteiger partial charge is 0.507 e. The Morgan fingerprint density at radius 3 is 1.69 bits per heavy atom. The SMILES string of the molecule is CC(C)(C)c1cc([C@H](CC(F)(F)F)N2CCNCC2)cc(C(C)(C)C)c1O.Cl.Cl. The predicted molar refractivity (Wildman–Crippen MR) is 118 cm³/mol. The van der Waals surface area contributed by atoms with Gasteiger partial charge >= 0.3 is 6.18 Å². The van der Waals surface area contributed by atoms with E-state index in [2.05, 4.69) is 5.32 Å². The van der Waals surface area contributed by atoms with E-state index in [1.54, 1.807) is 12.1 Å². The molecule has 1 aliphatic heterocycles. The molecule has 0 amide bonds. The van der Waals surface area contributed by atoms with Crippen LogP contribution in [0.5, 0.6) is 5.75 Å². The van der Waals surface area contributed by atoms with Crippen LogP contribution in [0.2, 0.25) is 0 Å². The lowest BCUT2D eigenvalue weighted by molar-refractivity contribution is -0.148. The Morgan fingerprint density at radius 1 is 0.931 bits per heavy atom. The number of piperazine rings is 1. The minimum Gasteiger partial charge on any atom is -0.507 e. The Kier molecular flexibility index (Phi) is 9.84. The van der Waals surface area contributed by atoms with Gasteiger partial charge in [-0.2, -0.15) is 13.2 Å². The van der Waals surface area contributed by atoms with Crippen LogP contribution in [0.3, 0.4) is 0 Å². The summed E-state index contributed by atoms with van der Waals surface area (Å²) in [4.78, 5) is 1.91. The van der Waals surface area contributed by atoms with Gasteiger partial charge in [-0.15, -0.1) is 24.8 Å². The van der Waals surface area contributed by atoms with Gasteiger partial charge in [-0.05, 0) is 39.7 Å². The van der Waals surface area contributed by atoms with Crippen LogP contribution in [0.25, 0.3) is 0 Å². The first kappa shape index (κ1) is 28.3. The van der Waals surface area contributed by atoms with E-state index in [1.807, 2.05) is 46.4 Å². The van der Waals surface area contributed by atoms with Crippen LogP contribution >= 0.6 is 24.8 Å². The molecule has 0 aromatic heterocycles. The molecule has 0 saturated carbocycles. The highest BCUT2D eigenvalue weighted by Gasteiger charge is 2.37. The number of nitrogens with zero attached hydrogens (tertiary/aromatic N) is 1. The van der Waals surface area contributed by atoms with Crippen LogP contribution in [0.4, 0.5) is 13.2 Å². The van der Waals surface area contributed by atoms with Crippen LogP contribution in [0, 0.1) is 0 Å². The monoisotopic (exact) mass is 458 g/mol. The molecular formula is C21H35Cl2F3N2O. The molecule has 8 heteroatoms. The summed E-state index contributed by atoms with van der Waals surface area (Å²) in [7, 11) is 0. The molecule has 0 spiro atoms. The van der Waals surface area contributed by atoms with Crippen LogP contribution in [-0.4, -0.2) is 42.4 Å². The van der Waals surface area contributed by atoms with E-state index >= 15 is 0 Å². The minimum atomic E-state index is -4.25. The van der Waals surface area contributed by atoms with Crippen LogP contribution in [0.15, 0.2) is 12.1 Å². The second-order valence-electron chi connectivity index (χ2n) is 9.59. The molecule has 2 N–H and O–H groups in total. The Labute approximate surface area is 185 Å². The van der Waals surface area contributed by atoms with Crippen molar-refractivity contribution in [2.45, 2.75) is 71.0 Å². The first-order valence-corrected chi connectivity index (χ1v) is 9.59. The first-order chi connectivity index (χ1) is 12.2. The van der Waals surface area contributed by atoms with Crippen LogP contribution < -0.4 is 5.32 Å². The summed E-state index contributed by atoms with van der Waals surface area (Å²) in [6.45, 7) is 14.4. The summed E-state index contributed by atoms with van der Waals surface area (Å²) < 4.78 is 40.2. The molecule has 2 rings (SSSR count). The third-order valence-corrected chi connectivity index (χ3v) is 5.15. The van der Waals surface area contributed by atoms with Gasteiger partial charge in [-0.25, -0.2) is 0 Å². The number of benzene rings is 1. The number of aromatic hydroxyl groups is 1. The zero-order valence-corrected chi connectivity index (χ0v) is 19.7. The molecule has 0 unspecified atom stereocenters. The summed E-state index contributed by atoms with van der Waals surface area (Å²) >= 11 is 0. The van der Waals surface area contributed by atoms with Gasteiger partial charge in [0.05, 0.1) is 6.42 Å². The summed E-state index contributed by atoms with van der Waals surface area (Å²) in [6, 6.07) is 2.82. The topological polar surface area (TPSA) is 35.5 Å². The summed E-state index contributed by atoms with van der Waals surface area (Å²) in [5.74, 6) is 0.199. The molecule has 3 nitrogen and oxygen atoms in total. The average molecular weight is 459 g/mol. The summed E-state index contributed by atoms with van der Waals surface area (Å²) in [5, 5.41) is 14.1. The molecule has 29 heavy (non-hydrogen) atoms. The van der Waals surface area contributed by atoms with Crippen molar-refractivity contribution in [1.29, 1.82) is 0 Å². The minimum absolute atomic E-state index is 0. The van der Waals surface area contributed by atoms with Gasteiger partial charge in [0.25, 0.3) is 0 Å². The molecule has 170 valence electrons. The number of halogens is 5. The number of rotatable bonds is 3. The van der Waals surface area contributed by atoms with E-state index in [9.17, 15) is 18.3 Å². The standard InChI is InChI=1S/C21H33F3N2O.2ClH/c1-19(2,3)15-11-14(12-16(18(15)27)20(4,5)6)17(13-21(22,23)24)26-9-7-25-8-10-26;;/h11-12,17,25,27H,7-10,13H2,1-6H3;2*1H/t17-;;/m0../s1. The fourth-order valence-electron chi connectivity index (χ4n) is 3.66. The first-order valence-electron chi connectivity index (χ1n) is 9.59. The molecule has 1 saturated heterocycles. The zero-order chi connectivity index (χ0) is 20.6. The maximum absolute atomic E-state index is 13.4. The lowest BCUT2D eigenvalue weighted by atomic mass is 9.77. The average Bonchev–Trinajstić information content (AvgIpc) is 2.51. The predicted octanol–water partition coefficient (Wildman–Crippen LogP) is 5.73. The van der Waals surface area contributed by atoms with Crippen molar-refractivity contribution < 1.29 is 18.3 Å². The van der Waals surface area contributed by atoms with Crippen LogP contribution in [-0.2, 0) is 10.8 Å². The second-order valence-corrected chi connectivity index (χ2v) is 9.59. The van der Waals surface area contributed by atoms with E-state index in [-0.39, 0.29) is 41.4 Å². The van der Waals surface area contributed by atoms with E-state index in [0.717, 1.165) is 0 Å². The number of hydrogen-bond acceptors (Lipinski definition) is 3. The fourth-order valence-corrected chi connectivity index (χ4v) is 3.66. The van der Waals surface area contributed by atoms with Crippen molar-refractivity contribution in [2.24, 2.45) is 0 Å². The van der Waals surface area contributed by atoms with Crippen molar-refractivity contribution >= 4 is 24.8 Å². The third kappa shape index (κ3) is 7.50. The Balaban J connectivity index is 0.00000392. The molecule has 1 fully saturated rings. The lowest BCUT2D eigenvalue weighted by Gasteiger charge is -2.37. The summed E-state index contributed by atoms with van der Waals surface area (Å²) in [5.41, 5.74) is 1.31. The van der Waals surface area contributed by atoms with Gasteiger partial charge in [0.1, 0.15) is 5.75 Å². The van der Waals surface area contributed by atoms with Crippen molar-refractivity contribution in [2.75, 3.05) is 26.2 Å². The number of phenolic OH excluding ortho intramolecular Hbond substituents is 1. The zero-order valence-electron chi connectivity index (χ0n) is 18.1. The van der Waals surface area contributed by atoms with E-state index in [1.165, 1.54) is 0 Å². The van der Waals surface area contributed by atoms with Gasteiger partial charge in [0.2, 0.25) is 0 Å².